The predicted molar refractivity (Wildman–Crippen MR) is 172 cm³/mol. The maximum atomic E-state index is 13.7. The molecule has 6 rings (SSSR count). The number of amides is 1. The first-order chi connectivity index (χ1) is 19.6. The predicted octanol–water partition coefficient (Wildman–Crippen LogP) is 9.00. The molecule has 0 saturated heterocycles. The zero-order valence-electron chi connectivity index (χ0n) is 25.9. The number of carbonyl (C=O) groups is 1. The Morgan fingerprint density at radius 1 is 0.857 bits per heavy atom. The van der Waals surface area contributed by atoms with Crippen molar-refractivity contribution in [2.45, 2.75) is 97.1 Å². The summed E-state index contributed by atoms with van der Waals surface area (Å²) in [6, 6.07) is 24.1. The summed E-state index contributed by atoms with van der Waals surface area (Å²) in [7, 11) is 0. The molecule has 42 heavy (non-hydrogen) atoms. The number of nitrogens with zero attached hydrogens (tertiary/aromatic N) is 1. The monoisotopic (exact) mass is 636 g/mol. The number of hydrogen-bond acceptors (Lipinski definition) is 1. The Morgan fingerprint density at radius 2 is 1.55 bits per heavy atom. The summed E-state index contributed by atoms with van der Waals surface area (Å²) in [4.78, 5) is 13.7. The average Bonchev–Trinajstić information content (AvgIpc) is 3.10. The molecule has 1 radical (unpaired) electrons. The number of carbonyl (C=O) groups excluding carboxylic acids is 1. The fourth-order valence-corrected chi connectivity index (χ4v) is 7.52. The molecule has 1 amide bonds. The summed E-state index contributed by atoms with van der Waals surface area (Å²) < 4.78 is 2.59. The first-order valence-corrected chi connectivity index (χ1v) is 15.6. The first-order valence-electron chi connectivity index (χ1n) is 15.6. The van der Waals surface area contributed by atoms with E-state index in [0.29, 0.717) is 12.5 Å². The van der Waals surface area contributed by atoms with Crippen molar-refractivity contribution in [2.24, 2.45) is 5.92 Å². The Labute approximate surface area is 278 Å². The normalized spacial score (nSPS) is 16.0. The molecule has 219 valence electrons. The van der Waals surface area contributed by atoms with Crippen molar-refractivity contribution in [1.82, 2.24) is 9.88 Å². The number of hydrogen-bond donors (Lipinski definition) is 1. The van der Waals surface area contributed by atoms with E-state index < -0.39 is 0 Å². The third-order valence-corrected chi connectivity index (χ3v) is 9.46. The number of fused-ring (bicyclic) bond motifs is 3. The molecule has 1 fully saturated rings. The minimum absolute atomic E-state index is 0. The topological polar surface area (TPSA) is 34.0 Å². The molecule has 1 N–H and O–H groups in total. The molecule has 1 atom stereocenters. The second-order valence-corrected chi connectivity index (χ2v) is 12.4. The minimum atomic E-state index is -0.0821. The van der Waals surface area contributed by atoms with E-state index in [-0.39, 0.29) is 52.0 Å². The van der Waals surface area contributed by atoms with E-state index in [1.165, 1.54) is 90.2 Å². The van der Waals surface area contributed by atoms with Crippen molar-refractivity contribution in [3.8, 4) is 0 Å². The van der Waals surface area contributed by atoms with Crippen LogP contribution in [0.4, 0.5) is 0 Å². The summed E-state index contributed by atoms with van der Waals surface area (Å²) in [5.41, 5.74) is 10.9. The Kier molecular flexibility index (Phi) is 11.7. The maximum Gasteiger partial charge on any atom is 0.228 e. The third-order valence-electron chi connectivity index (χ3n) is 9.46. The quantitative estimate of drug-likeness (QED) is 0.160. The standard InChI is InChI=1S/C37H44N2O.CH3.Y/c1-26-22-27(2)35-32-16-10-11-17-33(32)39(34(35)23-26)25-29-18-20-31(21-19-29)36(30-14-8-3-4-9-15-30)37(40)38-24-28-12-6-5-7-13-28;;/h5-7,12-13,18-23,30,36H,3-4,8-11,14-17,24-25H2,1-2H3,(H,38,40);1H3;/q;-1;. The largest absolute Gasteiger partial charge is 0.358 e. The van der Waals surface area contributed by atoms with Crippen LogP contribution in [0.5, 0.6) is 0 Å². The number of nitrogens with one attached hydrogen (secondary N) is 1. The van der Waals surface area contributed by atoms with E-state index in [1.54, 1.807) is 5.56 Å². The van der Waals surface area contributed by atoms with Crippen LogP contribution < -0.4 is 5.32 Å². The van der Waals surface area contributed by atoms with Crippen LogP contribution in [0.1, 0.15) is 96.4 Å². The molecule has 0 bridgehead atoms. The molecule has 3 nitrogen and oxygen atoms in total. The minimum Gasteiger partial charge on any atom is -0.358 e. The number of aromatic nitrogens is 1. The molecule has 3 aromatic carbocycles. The van der Waals surface area contributed by atoms with Crippen LogP contribution >= 0.6 is 0 Å². The summed E-state index contributed by atoms with van der Waals surface area (Å²) in [5, 5.41) is 4.77. The van der Waals surface area contributed by atoms with E-state index >= 15 is 0 Å². The van der Waals surface area contributed by atoms with Crippen molar-refractivity contribution in [3.63, 3.8) is 0 Å². The van der Waals surface area contributed by atoms with Crippen molar-refractivity contribution in [1.29, 1.82) is 0 Å². The van der Waals surface area contributed by atoms with Crippen LogP contribution in [-0.4, -0.2) is 10.5 Å². The van der Waals surface area contributed by atoms with Gasteiger partial charge in [-0.2, -0.15) is 0 Å². The zero-order valence-corrected chi connectivity index (χ0v) is 28.8. The molecule has 0 aliphatic heterocycles. The Hall–Kier alpha value is -2.23. The van der Waals surface area contributed by atoms with Crippen LogP contribution in [0.2, 0.25) is 0 Å². The van der Waals surface area contributed by atoms with Crippen LogP contribution in [0.15, 0.2) is 66.7 Å². The maximum absolute atomic E-state index is 13.7. The molecule has 2 aliphatic carbocycles. The molecular weight excluding hydrogens is 589 g/mol. The molecule has 1 heterocycles. The SMILES string of the molecule is Cc1cc(C)c2c3c(n(Cc4ccc(C(C(=O)NCc5ccccc5)C5CCCCCC5)cc4)c2c1)CCCC3.[CH3-].[Y]. The summed E-state index contributed by atoms with van der Waals surface area (Å²) in [6.45, 7) is 5.98. The van der Waals surface area contributed by atoms with Crippen molar-refractivity contribution in [3.05, 3.63) is 113 Å². The van der Waals surface area contributed by atoms with Crippen LogP contribution in [0.3, 0.4) is 0 Å². The number of benzene rings is 3. The second-order valence-electron chi connectivity index (χ2n) is 12.4. The Morgan fingerprint density at radius 3 is 2.26 bits per heavy atom. The van der Waals surface area contributed by atoms with Gasteiger partial charge in [0.1, 0.15) is 0 Å². The fourth-order valence-electron chi connectivity index (χ4n) is 7.52. The van der Waals surface area contributed by atoms with Crippen molar-refractivity contribution >= 4 is 16.8 Å². The number of rotatable bonds is 7. The van der Waals surface area contributed by atoms with Crippen LogP contribution in [0, 0.1) is 27.2 Å². The van der Waals surface area contributed by atoms with E-state index in [9.17, 15) is 4.79 Å². The van der Waals surface area contributed by atoms with Gasteiger partial charge in [-0.15, -0.1) is 0 Å². The second kappa shape index (κ2) is 15.0. The van der Waals surface area contributed by atoms with Gasteiger partial charge in [-0.05, 0) is 97.7 Å². The average molecular weight is 637 g/mol. The zero-order chi connectivity index (χ0) is 27.5. The molecule has 0 spiro atoms. The van der Waals surface area contributed by atoms with Gasteiger partial charge in [0.15, 0.2) is 0 Å². The molecule has 1 saturated carbocycles. The van der Waals surface area contributed by atoms with Gasteiger partial charge in [0.2, 0.25) is 5.91 Å². The van der Waals surface area contributed by atoms with Crippen molar-refractivity contribution < 1.29 is 37.5 Å². The van der Waals surface area contributed by atoms with E-state index in [2.05, 4.69) is 72.3 Å². The Bertz CT molecular complexity index is 1460. The van der Waals surface area contributed by atoms with E-state index in [4.69, 9.17) is 0 Å². The van der Waals surface area contributed by atoms with Gasteiger partial charge >= 0.3 is 0 Å². The van der Waals surface area contributed by atoms with Gasteiger partial charge in [0, 0.05) is 62.4 Å². The van der Waals surface area contributed by atoms with Crippen LogP contribution in [0.25, 0.3) is 10.9 Å². The van der Waals surface area contributed by atoms with E-state index in [1.807, 2.05) is 18.2 Å². The smallest absolute Gasteiger partial charge is 0.228 e. The fraction of sp³-hybridized carbons (Fsp3) is 0.421. The molecule has 1 unspecified atom stereocenters. The number of aryl methyl sites for hydroxylation is 3. The summed E-state index contributed by atoms with van der Waals surface area (Å²) >= 11 is 0. The Balaban J connectivity index is 0.00000202. The molecular formula is C38H47N2OY-. The van der Waals surface area contributed by atoms with Gasteiger partial charge in [0.05, 0.1) is 5.92 Å². The first kappa shape index (κ1) is 32.7. The van der Waals surface area contributed by atoms with Crippen molar-refractivity contribution in [2.75, 3.05) is 0 Å². The summed E-state index contributed by atoms with van der Waals surface area (Å²) in [5.74, 6) is 0.511. The van der Waals surface area contributed by atoms with Crippen LogP contribution in [-0.2, 0) is 63.4 Å². The molecule has 4 heteroatoms. The van der Waals surface area contributed by atoms with Gasteiger partial charge in [-0.3, -0.25) is 4.79 Å². The molecule has 2 aliphatic rings. The molecule has 4 aromatic rings. The van der Waals surface area contributed by atoms with E-state index in [0.717, 1.165) is 24.9 Å². The molecule has 1 aromatic heterocycles. The van der Waals surface area contributed by atoms with Gasteiger partial charge in [0.25, 0.3) is 0 Å². The summed E-state index contributed by atoms with van der Waals surface area (Å²) in [6.07, 6.45) is 12.3. The third kappa shape index (κ3) is 7.11. The van der Waals surface area contributed by atoms with Gasteiger partial charge in [-0.1, -0.05) is 86.3 Å². The van der Waals surface area contributed by atoms with Gasteiger partial charge < -0.3 is 17.3 Å². The van der Waals surface area contributed by atoms with Gasteiger partial charge in [-0.25, -0.2) is 0 Å².